The van der Waals surface area contributed by atoms with Gasteiger partial charge in [0.05, 0.1) is 12.5 Å². The highest BCUT2D eigenvalue weighted by Gasteiger charge is 2.20. The van der Waals surface area contributed by atoms with Gasteiger partial charge in [0.15, 0.2) is 5.96 Å². The van der Waals surface area contributed by atoms with Crippen LogP contribution in [-0.2, 0) is 30.8 Å². The number of nitrogens with one attached hydrogen (secondary N) is 3. The van der Waals surface area contributed by atoms with E-state index >= 15 is 0 Å². The van der Waals surface area contributed by atoms with E-state index in [4.69, 9.17) is 11.5 Å². The highest BCUT2D eigenvalue weighted by molar-refractivity contribution is 5.95. The predicted octanol–water partition coefficient (Wildman–Crippen LogP) is 4.23. The number of urea groups is 1. The second-order valence-electron chi connectivity index (χ2n) is 9.44. The van der Waals surface area contributed by atoms with E-state index < -0.39 is 6.03 Å². The molecule has 8 heteroatoms. The maximum absolute atomic E-state index is 13.3. The SMILES string of the molecule is NC(=NCc1cccc(N)c1)NC(=O)NCc1cccc(CNC(=O)C(Cc2ccccc2)c2ccccc2)c1. The summed E-state index contributed by atoms with van der Waals surface area (Å²) in [5.74, 6) is -0.325. The highest BCUT2D eigenvalue weighted by Crippen LogP contribution is 2.21. The number of carbonyl (C=O) groups is 2. The van der Waals surface area contributed by atoms with E-state index in [1.54, 1.807) is 12.1 Å². The molecular weight excluding hydrogens is 500 g/mol. The summed E-state index contributed by atoms with van der Waals surface area (Å²) in [6, 6.07) is 34.4. The van der Waals surface area contributed by atoms with E-state index in [0.717, 1.165) is 27.8 Å². The molecular formula is C32H34N6O2. The van der Waals surface area contributed by atoms with Gasteiger partial charge < -0.3 is 22.1 Å². The lowest BCUT2D eigenvalue weighted by Gasteiger charge is -2.18. The Labute approximate surface area is 234 Å². The molecule has 7 N–H and O–H groups in total. The van der Waals surface area contributed by atoms with E-state index in [1.165, 1.54) is 0 Å². The number of anilines is 1. The monoisotopic (exact) mass is 534 g/mol. The lowest BCUT2D eigenvalue weighted by atomic mass is 9.91. The quantitative estimate of drug-likeness (QED) is 0.118. The third kappa shape index (κ3) is 8.73. The minimum atomic E-state index is -0.459. The average Bonchev–Trinajstić information content (AvgIpc) is 2.98. The van der Waals surface area contributed by atoms with Gasteiger partial charge in [0, 0.05) is 18.8 Å². The molecule has 0 spiro atoms. The zero-order chi connectivity index (χ0) is 28.2. The summed E-state index contributed by atoms with van der Waals surface area (Å²) < 4.78 is 0. The van der Waals surface area contributed by atoms with Crippen molar-refractivity contribution in [3.8, 4) is 0 Å². The van der Waals surface area contributed by atoms with Crippen molar-refractivity contribution in [1.29, 1.82) is 0 Å². The molecule has 0 fully saturated rings. The number of benzene rings is 4. The summed E-state index contributed by atoms with van der Waals surface area (Å²) >= 11 is 0. The minimum absolute atomic E-state index is 0.0138. The zero-order valence-corrected chi connectivity index (χ0v) is 22.2. The molecule has 0 bridgehead atoms. The molecule has 0 aromatic heterocycles. The van der Waals surface area contributed by atoms with Crippen LogP contribution >= 0.6 is 0 Å². The lowest BCUT2D eigenvalue weighted by Crippen LogP contribution is -2.43. The first-order valence-corrected chi connectivity index (χ1v) is 13.1. The Morgan fingerprint density at radius 2 is 1.30 bits per heavy atom. The zero-order valence-electron chi connectivity index (χ0n) is 22.2. The maximum atomic E-state index is 13.3. The fourth-order valence-corrected chi connectivity index (χ4v) is 4.31. The summed E-state index contributed by atoms with van der Waals surface area (Å²) in [6.45, 7) is 0.971. The van der Waals surface area contributed by atoms with Crippen molar-refractivity contribution in [3.63, 3.8) is 0 Å². The number of hydrogen-bond acceptors (Lipinski definition) is 4. The van der Waals surface area contributed by atoms with Crippen LogP contribution in [0.3, 0.4) is 0 Å². The Hall–Kier alpha value is -5.11. The molecule has 1 unspecified atom stereocenters. The summed E-state index contributed by atoms with van der Waals surface area (Å²) in [5.41, 5.74) is 17.1. The van der Waals surface area contributed by atoms with Crippen molar-refractivity contribution in [2.75, 3.05) is 5.73 Å². The molecule has 0 aliphatic rings. The average molecular weight is 535 g/mol. The van der Waals surface area contributed by atoms with Gasteiger partial charge in [-0.05, 0) is 46.4 Å². The maximum Gasteiger partial charge on any atom is 0.321 e. The van der Waals surface area contributed by atoms with Gasteiger partial charge in [0.1, 0.15) is 0 Å². The molecule has 0 aliphatic heterocycles. The smallest absolute Gasteiger partial charge is 0.321 e. The molecule has 3 amide bonds. The number of carbonyl (C=O) groups excluding carboxylic acids is 2. The van der Waals surface area contributed by atoms with E-state index in [2.05, 4.69) is 20.9 Å². The molecule has 0 heterocycles. The lowest BCUT2D eigenvalue weighted by molar-refractivity contribution is -0.122. The first-order chi connectivity index (χ1) is 19.5. The molecule has 0 radical (unpaired) electrons. The second-order valence-corrected chi connectivity index (χ2v) is 9.44. The molecule has 204 valence electrons. The second kappa shape index (κ2) is 14.2. The fraction of sp³-hybridized carbons (Fsp3) is 0.156. The Balaban J connectivity index is 1.29. The van der Waals surface area contributed by atoms with Gasteiger partial charge in [-0.15, -0.1) is 0 Å². The molecule has 40 heavy (non-hydrogen) atoms. The van der Waals surface area contributed by atoms with Crippen molar-refractivity contribution in [1.82, 2.24) is 16.0 Å². The highest BCUT2D eigenvalue weighted by atomic mass is 16.2. The molecule has 4 rings (SSSR count). The van der Waals surface area contributed by atoms with Gasteiger partial charge in [-0.1, -0.05) is 97.1 Å². The van der Waals surface area contributed by atoms with Gasteiger partial charge in [-0.25, -0.2) is 9.79 Å². The van der Waals surface area contributed by atoms with Crippen LogP contribution in [0.4, 0.5) is 10.5 Å². The summed E-state index contributed by atoms with van der Waals surface area (Å²) in [5, 5.41) is 8.39. The Bertz CT molecular complexity index is 1440. The van der Waals surface area contributed by atoms with Crippen LogP contribution < -0.4 is 27.4 Å². The molecule has 4 aromatic carbocycles. The summed E-state index contributed by atoms with van der Waals surface area (Å²) in [7, 11) is 0. The molecule has 4 aromatic rings. The number of nitrogens with two attached hydrogens (primary N) is 2. The van der Waals surface area contributed by atoms with Gasteiger partial charge in [0.25, 0.3) is 0 Å². The van der Waals surface area contributed by atoms with E-state index in [9.17, 15) is 9.59 Å². The van der Waals surface area contributed by atoms with Gasteiger partial charge in [0.2, 0.25) is 5.91 Å². The number of hydrogen-bond donors (Lipinski definition) is 5. The van der Waals surface area contributed by atoms with Crippen LogP contribution in [0.2, 0.25) is 0 Å². The predicted molar refractivity (Wildman–Crippen MR) is 159 cm³/mol. The standard InChI is InChI=1S/C32H34N6O2/c33-28-16-8-13-26(18-28)21-36-31(34)38-32(40)37-22-25-12-7-11-24(17-25)20-35-30(39)29(27-14-5-2-6-15-27)19-23-9-3-1-4-10-23/h1-18,29H,19-22,33H2,(H,35,39)(H4,34,36,37,38,40). The largest absolute Gasteiger partial charge is 0.399 e. The van der Waals surface area contributed by atoms with Crippen molar-refractivity contribution in [3.05, 3.63) is 137 Å². The van der Waals surface area contributed by atoms with Gasteiger partial charge >= 0.3 is 6.03 Å². The van der Waals surface area contributed by atoms with Crippen molar-refractivity contribution >= 4 is 23.6 Å². The number of rotatable bonds is 10. The number of aliphatic imine (C=N–C) groups is 1. The topological polar surface area (TPSA) is 135 Å². The van der Waals surface area contributed by atoms with Crippen molar-refractivity contribution in [2.45, 2.75) is 32.0 Å². The van der Waals surface area contributed by atoms with E-state index in [-0.39, 0.29) is 24.3 Å². The third-order valence-electron chi connectivity index (χ3n) is 6.34. The van der Waals surface area contributed by atoms with Crippen molar-refractivity contribution < 1.29 is 9.59 Å². The Kier molecular flexibility index (Phi) is 9.88. The number of nitrogens with zero attached hydrogens (tertiary/aromatic N) is 1. The van der Waals surface area contributed by atoms with Crippen LogP contribution in [0.1, 0.15) is 33.7 Å². The van der Waals surface area contributed by atoms with Crippen LogP contribution in [0, 0.1) is 0 Å². The normalized spacial score (nSPS) is 11.8. The minimum Gasteiger partial charge on any atom is -0.399 e. The fourth-order valence-electron chi connectivity index (χ4n) is 4.31. The van der Waals surface area contributed by atoms with Crippen LogP contribution in [0.15, 0.2) is 114 Å². The van der Waals surface area contributed by atoms with Crippen LogP contribution in [0.25, 0.3) is 0 Å². The molecule has 8 nitrogen and oxygen atoms in total. The molecule has 0 saturated carbocycles. The number of nitrogen functional groups attached to an aromatic ring is 1. The van der Waals surface area contributed by atoms with E-state index in [1.807, 2.05) is 97.1 Å². The molecule has 1 atom stereocenters. The molecule has 0 aliphatic carbocycles. The van der Waals surface area contributed by atoms with Gasteiger partial charge in [-0.2, -0.15) is 0 Å². The summed E-state index contributed by atoms with van der Waals surface area (Å²) in [4.78, 5) is 29.7. The number of guanidine groups is 1. The van der Waals surface area contributed by atoms with Crippen molar-refractivity contribution in [2.24, 2.45) is 10.7 Å². The summed E-state index contributed by atoms with van der Waals surface area (Å²) in [6.07, 6.45) is 0.613. The first kappa shape index (κ1) is 27.9. The van der Waals surface area contributed by atoms with Crippen LogP contribution in [0.5, 0.6) is 0 Å². The third-order valence-corrected chi connectivity index (χ3v) is 6.34. The first-order valence-electron chi connectivity index (χ1n) is 13.1. The Morgan fingerprint density at radius 3 is 2.00 bits per heavy atom. The Morgan fingerprint density at radius 1 is 0.700 bits per heavy atom. The van der Waals surface area contributed by atoms with E-state index in [0.29, 0.717) is 25.2 Å². The number of amides is 3. The molecule has 0 saturated heterocycles. The van der Waals surface area contributed by atoms with Crippen LogP contribution in [-0.4, -0.2) is 17.9 Å². The van der Waals surface area contributed by atoms with Gasteiger partial charge in [-0.3, -0.25) is 10.1 Å².